The van der Waals surface area contributed by atoms with Crippen molar-refractivity contribution in [1.29, 1.82) is 0 Å². The van der Waals surface area contributed by atoms with E-state index in [4.69, 9.17) is 10.5 Å². The van der Waals surface area contributed by atoms with Crippen molar-refractivity contribution in [2.45, 2.75) is 31.7 Å². The van der Waals surface area contributed by atoms with Crippen LogP contribution in [0.5, 0.6) is 0 Å². The molecular weight excluding hydrogens is 230 g/mol. The fourth-order valence-corrected chi connectivity index (χ4v) is 2.12. The summed E-state index contributed by atoms with van der Waals surface area (Å²) in [6.07, 6.45) is 3.79. The van der Waals surface area contributed by atoms with Crippen molar-refractivity contribution < 1.29 is 9.53 Å². The van der Waals surface area contributed by atoms with Gasteiger partial charge in [-0.2, -0.15) is 0 Å². The molecule has 1 rings (SSSR count). The van der Waals surface area contributed by atoms with Gasteiger partial charge in [-0.25, -0.2) is 0 Å². The Hall–Kier alpha value is -0.650. The molecule has 0 aromatic carbocycles. The predicted molar refractivity (Wildman–Crippen MR) is 72.3 cm³/mol. The van der Waals surface area contributed by atoms with Crippen LogP contribution < -0.4 is 11.1 Å². The Kier molecular flexibility index (Phi) is 7.23. The zero-order valence-electron chi connectivity index (χ0n) is 11.7. The highest BCUT2D eigenvalue weighted by molar-refractivity contribution is 5.78. The first kappa shape index (κ1) is 15.4. The molecule has 5 heteroatoms. The number of rotatable bonds is 7. The largest absolute Gasteiger partial charge is 0.378 e. The average molecular weight is 257 g/mol. The van der Waals surface area contributed by atoms with Gasteiger partial charge in [0.2, 0.25) is 5.91 Å². The first-order valence-electron chi connectivity index (χ1n) is 6.85. The Labute approximate surface area is 110 Å². The van der Waals surface area contributed by atoms with Gasteiger partial charge in [-0.1, -0.05) is 0 Å². The topological polar surface area (TPSA) is 67.6 Å². The minimum absolute atomic E-state index is 0.159. The molecule has 0 spiro atoms. The van der Waals surface area contributed by atoms with Crippen LogP contribution in [0.25, 0.3) is 0 Å². The molecule has 0 unspecified atom stereocenters. The first-order chi connectivity index (χ1) is 8.59. The van der Waals surface area contributed by atoms with Gasteiger partial charge in [-0.05, 0) is 39.8 Å². The number of hydrogen-bond donors (Lipinski definition) is 2. The molecule has 18 heavy (non-hydrogen) atoms. The maximum atomic E-state index is 11.8. The summed E-state index contributed by atoms with van der Waals surface area (Å²) < 4.78 is 5.42. The quantitative estimate of drug-likeness (QED) is 0.639. The number of carbonyl (C=O) groups is 1. The van der Waals surface area contributed by atoms with Crippen LogP contribution in [0, 0.1) is 5.92 Å². The number of likely N-dealkylation sites (N-methyl/N-ethyl adjacent to an activating group) is 1. The Balaban J connectivity index is 2.00. The van der Waals surface area contributed by atoms with E-state index in [2.05, 4.69) is 10.2 Å². The highest BCUT2D eigenvalue weighted by Crippen LogP contribution is 2.22. The van der Waals surface area contributed by atoms with E-state index in [-0.39, 0.29) is 11.8 Å². The summed E-state index contributed by atoms with van der Waals surface area (Å²) in [5.74, 6) is 0.324. The van der Waals surface area contributed by atoms with Crippen molar-refractivity contribution in [3.63, 3.8) is 0 Å². The molecule has 0 aromatic heterocycles. The molecule has 106 valence electrons. The average Bonchev–Trinajstić information content (AvgIpc) is 2.34. The molecule has 0 saturated heterocycles. The van der Waals surface area contributed by atoms with Crippen LogP contribution in [0.4, 0.5) is 0 Å². The highest BCUT2D eigenvalue weighted by Gasteiger charge is 2.23. The lowest BCUT2D eigenvalue weighted by molar-refractivity contribution is -0.126. The Morgan fingerprint density at radius 3 is 2.56 bits per heavy atom. The van der Waals surface area contributed by atoms with Crippen molar-refractivity contribution in [3.05, 3.63) is 0 Å². The fourth-order valence-electron chi connectivity index (χ4n) is 2.12. The van der Waals surface area contributed by atoms with E-state index in [1.807, 2.05) is 14.1 Å². The third-order valence-electron chi connectivity index (χ3n) is 3.37. The van der Waals surface area contributed by atoms with Gasteiger partial charge in [-0.15, -0.1) is 0 Å². The van der Waals surface area contributed by atoms with Gasteiger partial charge in [0.05, 0.1) is 13.2 Å². The number of carbonyl (C=O) groups excluding carboxylic acids is 1. The smallest absolute Gasteiger partial charge is 0.223 e. The van der Waals surface area contributed by atoms with Crippen molar-refractivity contribution in [2.75, 3.05) is 40.4 Å². The molecular formula is C13H27N3O2. The lowest BCUT2D eigenvalue weighted by Crippen LogP contribution is -2.37. The minimum Gasteiger partial charge on any atom is -0.378 e. The minimum atomic E-state index is 0.159. The number of nitrogens with zero attached hydrogens (tertiary/aromatic N) is 1. The van der Waals surface area contributed by atoms with Crippen LogP contribution in [-0.4, -0.2) is 57.2 Å². The second-order valence-corrected chi connectivity index (χ2v) is 5.32. The molecule has 5 nitrogen and oxygen atoms in total. The monoisotopic (exact) mass is 257 g/mol. The van der Waals surface area contributed by atoms with E-state index < -0.39 is 0 Å². The molecule has 1 fully saturated rings. The van der Waals surface area contributed by atoms with E-state index in [1.165, 1.54) is 0 Å². The number of ether oxygens (including phenoxy) is 1. The Bertz CT molecular complexity index is 238. The lowest BCUT2D eigenvalue weighted by Gasteiger charge is -2.25. The summed E-state index contributed by atoms with van der Waals surface area (Å²) in [7, 11) is 4.03. The molecule has 1 saturated carbocycles. The Morgan fingerprint density at radius 2 is 1.94 bits per heavy atom. The summed E-state index contributed by atoms with van der Waals surface area (Å²) in [5, 5.41) is 2.94. The second kappa shape index (κ2) is 8.45. The summed E-state index contributed by atoms with van der Waals surface area (Å²) in [6, 6.07) is 0.295. The summed E-state index contributed by atoms with van der Waals surface area (Å²) in [5.41, 5.74) is 5.82. The van der Waals surface area contributed by atoms with Gasteiger partial charge < -0.3 is 20.7 Å². The molecule has 0 heterocycles. The molecule has 0 bridgehead atoms. The SMILES string of the molecule is CN(C)CCOCCNC(=O)C1CCC(N)CC1. The predicted octanol–water partition coefficient (Wildman–Crippen LogP) is 0.198. The number of nitrogens with one attached hydrogen (secondary N) is 1. The van der Waals surface area contributed by atoms with Crippen molar-refractivity contribution in [1.82, 2.24) is 10.2 Å². The summed E-state index contributed by atoms with van der Waals surface area (Å²) >= 11 is 0. The van der Waals surface area contributed by atoms with Crippen molar-refractivity contribution >= 4 is 5.91 Å². The zero-order chi connectivity index (χ0) is 13.4. The molecule has 0 radical (unpaired) electrons. The van der Waals surface area contributed by atoms with Crippen LogP contribution in [0.1, 0.15) is 25.7 Å². The molecule has 0 aromatic rings. The van der Waals surface area contributed by atoms with Crippen LogP contribution >= 0.6 is 0 Å². The zero-order valence-corrected chi connectivity index (χ0v) is 11.7. The molecule has 1 aliphatic rings. The fraction of sp³-hybridized carbons (Fsp3) is 0.923. The van der Waals surface area contributed by atoms with Gasteiger partial charge in [-0.3, -0.25) is 4.79 Å². The maximum Gasteiger partial charge on any atom is 0.223 e. The first-order valence-corrected chi connectivity index (χ1v) is 6.85. The molecule has 1 aliphatic carbocycles. The normalized spacial score (nSPS) is 24.2. The molecule has 0 aliphatic heterocycles. The van der Waals surface area contributed by atoms with Crippen LogP contribution in [-0.2, 0) is 9.53 Å². The molecule has 0 atom stereocenters. The number of hydrogen-bond acceptors (Lipinski definition) is 4. The van der Waals surface area contributed by atoms with Gasteiger partial charge in [0, 0.05) is 25.0 Å². The van der Waals surface area contributed by atoms with Crippen molar-refractivity contribution in [3.8, 4) is 0 Å². The van der Waals surface area contributed by atoms with Crippen LogP contribution in [0.15, 0.2) is 0 Å². The molecule has 3 N–H and O–H groups in total. The second-order valence-electron chi connectivity index (χ2n) is 5.32. The van der Waals surface area contributed by atoms with E-state index in [0.29, 0.717) is 25.8 Å². The van der Waals surface area contributed by atoms with E-state index >= 15 is 0 Å². The lowest BCUT2D eigenvalue weighted by atomic mass is 9.86. The van der Waals surface area contributed by atoms with E-state index in [1.54, 1.807) is 0 Å². The van der Waals surface area contributed by atoms with Gasteiger partial charge in [0.1, 0.15) is 0 Å². The van der Waals surface area contributed by atoms with E-state index in [9.17, 15) is 4.79 Å². The summed E-state index contributed by atoms with van der Waals surface area (Å²) in [6.45, 7) is 2.82. The van der Waals surface area contributed by atoms with Gasteiger partial charge in [0.25, 0.3) is 0 Å². The van der Waals surface area contributed by atoms with E-state index in [0.717, 1.165) is 32.2 Å². The maximum absolute atomic E-state index is 11.8. The van der Waals surface area contributed by atoms with Crippen LogP contribution in [0.3, 0.4) is 0 Å². The molecule has 1 amide bonds. The van der Waals surface area contributed by atoms with Gasteiger partial charge in [0.15, 0.2) is 0 Å². The highest BCUT2D eigenvalue weighted by atomic mass is 16.5. The van der Waals surface area contributed by atoms with Crippen molar-refractivity contribution in [2.24, 2.45) is 11.7 Å². The third-order valence-corrected chi connectivity index (χ3v) is 3.37. The summed E-state index contributed by atoms with van der Waals surface area (Å²) in [4.78, 5) is 13.9. The number of amides is 1. The van der Waals surface area contributed by atoms with Gasteiger partial charge >= 0.3 is 0 Å². The standard InChI is InChI=1S/C13H27N3O2/c1-16(2)8-10-18-9-7-15-13(17)11-3-5-12(14)6-4-11/h11-12H,3-10,14H2,1-2H3,(H,15,17). The van der Waals surface area contributed by atoms with Crippen LogP contribution in [0.2, 0.25) is 0 Å². The third kappa shape index (κ3) is 6.33. The Morgan fingerprint density at radius 1 is 1.28 bits per heavy atom. The number of nitrogens with two attached hydrogens (primary N) is 1.